The summed E-state index contributed by atoms with van der Waals surface area (Å²) in [6.07, 6.45) is 8.75. The molecule has 3 aromatic rings. The van der Waals surface area contributed by atoms with Gasteiger partial charge in [0.15, 0.2) is 11.5 Å². The van der Waals surface area contributed by atoms with Crippen LogP contribution in [-0.4, -0.2) is 27.7 Å². The molecule has 0 bridgehead atoms. The van der Waals surface area contributed by atoms with Crippen LogP contribution in [0.2, 0.25) is 0 Å². The normalized spacial score (nSPS) is 12.0. The number of anilines is 1. The zero-order valence-corrected chi connectivity index (χ0v) is 13.5. The lowest BCUT2D eigenvalue weighted by molar-refractivity contribution is -0.104. The number of allylic oxidation sites excluding steroid dienone is 3. The number of nitrogen functional groups attached to an aromatic ring is 1. The molecule has 0 aliphatic heterocycles. The predicted molar refractivity (Wildman–Crippen MR) is 95.0 cm³/mol. The van der Waals surface area contributed by atoms with E-state index in [2.05, 4.69) is 15.3 Å². The summed E-state index contributed by atoms with van der Waals surface area (Å²) in [5, 5.41) is 2.94. The van der Waals surface area contributed by atoms with Gasteiger partial charge < -0.3 is 11.1 Å². The Labute approximate surface area is 143 Å². The molecule has 0 fully saturated rings. The molecule has 7 heteroatoms. The van der Waals surface area contributed by atoms with Crippen molar-refractivity contribution in [3.05, 3.63) is 66.5 Å². The Morgan fingerprint density at radius 1 is 1.40 bits per heavy atom. The van der Waals surface area contributed by atoms with Gasteiger partial charge in [-0.15, -0.1) is 0 Å². The van der Waals surface area contributed by atoms with E-state index in [1.54, 1.807) is 48.3 Å². The maximum Gasteiger partial charge on any atom is 0.180 e. The summed E-state index contributed by atoms with van der Waals surface area (Å²) in [4.78, 5) is 19.4. The average molecular weight is 337 g/mol. The van der Waals surface area contributed by atoms with Gasteiger partial charge in [-0.05, 0) is 24.3 Å². The van der Waals surface area contributed by atoms with E-state index in [1.165, 1.54) is 18.2 Å². The number of aldehydes is 1. The quantitative estimate of drug-likeness (QED) is 0.424. The number of imidazole rings is 1. The zero-order chi connectivity index (χ0) is 17.8. The molecule has 25 heavy (non-hydrogen) atoms. The van der Waals surface area contributed by atoms with Crippen LogP contribution in [0.5, 0.6) is 0 Å². The monoisotopic (exact) mass is 337 g/mol. The zero-order valence-electron chi connectivity index (χ0n) is 13.5. The van der Waals surface area contributed by atoms with Crippen molar-refractivity contribution >= 4 is 23.3 Å². The Balaban J connectivity index is 2.38. The lowest BCUT2D eigenvalue weighted by atomic mass is 10.0. The first-order valence-corrected chi connectivity index (χ1v) is 7.54. The summed E-state index contributed by atoms with van der Waals surface area (Å²) in [5.41, 5.74) is 8.87. The summed E-state index contributed by atoms with van der Waals surface area (Å²) in [5.74, 6) is -0.145. The van der Waals surface area contributed by atoms with Gasteiger partial charge >= 0.3 is 0 Å². The van der Waals surface area contributed by atoms with Gasteiger partial charge in [-0.25, -0.2) is 14.4 Å². The molecular weight excluding hydrogens is 321 g/mol. The van der Waals surface area contributed by atoms with Crippen LogP contribution in [0.15, 0.2) is 55.0 Å². The van der Waals surface area contributed by atoms with Gasteiger partial charge in [0.25, 0.3) is 0 Å². The van der Waals surface area contributed by atoms with Gasteiger partial charge in [0, 0.05) is 36.8 Å². The smallest absolute Gasteiger partial charge is 0.180 e. The molecule has 0 spiro atoms. The number of nitrogens with one attached hydrogen (secondary N) is 1. The van der Waals surface area contributed by atoms with Crippen LogP contribution in [0, 0.1) is 5.82 Å². The van der Waals surface area contributed by atoms with Crippen molar-refractivity contribution in [1.82, 2.24) is 19.7 Å². The van der Waals surface area contributed by atoms with Crippen molar-refractivity contribution in [3.8, 4) is 11.3 Å². The third-order valence-electron chi connectivity index (χ3n) is 3.59. The number of nitrogens with two attached hydrogens (primary N) is 1. The highest BCUT2D eigenvalue weighted by Gasteiger charge is 2.17. The third kappa shape index (κ3) is 3.12. The molecule has 0 saturated carbocycles. The number of benzene rings is 1. The van der Waals surface area contributed by atoms with Gasteiger partial charge in [-0.3, -0.25) is 9.20 Å². The van der Waals surface area contributed by atoms with E-state index in [4.69, 9.17) is 5.73 Å². The van der Waals surface area contributed by atoms with Crippen LogP contribution in [0.1, 0.15) is 5.69 Å². The first-order valence-electron chi connectivity index (χ1n) is 7.54. The molecule has 2 heterocycles. The van der Waals surface area contributed by atoms with Crippen LogP contribution in [0.4, 0.5) is 10.2 Å². The summed E-state index contributed by atoms with van der Waals surface area (Å²) in [7, 11) is 1.74. The van der Waals surface area contributed by atoms with E-state index in [9.17, 15) is 9.18 Å². The maximum absolute atomic E-state index is 13.7. The molecule has 3 N–H and O–H groups in total. The van der Waals surface area contributed by atoms with Crippen LogP contribution >= 0.6 is 0 Å². The highest BCUT2D eigenvalue weighted by atomic mass is 19.1. The fraction of sp³-hybridized carbons (Fsp3) is 0.0556. The summed E-state index contributed by atoms with van der Waals surface area (Å²) >= 11 is 0. The Morgan fingerprint density at radius 3 is 2.96 bits per heavy atom. The molecule has 6 nitrogen and oxygen atoms in total. The number of hydrogen-bond donors (Lipinski definition) is 2. The van der Waals surface area contributed by atoms with Gasteiger partial charge in [-0.2, -0.15) is 0 Å². The Morgan fingerprint density at radius 2 is 2.24 bits per heavy atom. The highest BCUT2D eigenvalue weighted by Crippen LogP contribution is 2.31. The standard InChI is InChI=1S/C18H16FN5O/c1-21-11-13(5-3-9-25)16-15(12-4-2-6-14(19)10-12)23-17(20)18-22-7-8-24(16)18/h2-11,21H,1H3,(H2,20,23)/b5-3-,13-11+. The third-order valence-corrected chi connectivity index (χ3v) is 3.59. The molecule has 0 saturated heterocycles. The number of rotatable bonds is 5. The second-order valence-corrected chi connectivity index (χ2v) is 5.21. The molecule has 0 amide bonds. The van der Waals surface area contributed by atoms with Crippen molar-refractivity contribution in [1.29, 1.82) is 0 Å². The second kappa shape index (κ2) is 6.96. The fourth-order valence-electron chi connectivity index (χ4n) is 2.62. The second-order valence-electron chi connectivity index (χ2n) is 5.21. The van der Waals surface area contributed by atoms with Crippen LogP contribution in [0.25, 0.3) is 22.5 Å². The molecule has 2 aromatic heterocycles. The summed E-state index contributed by atoms with van der Waals surface area (Å²) in [6, 6.07) is 6.10. The van der Waals surface area contributed by atoms with Crippen molar-refractivity contribution in [2.75, 3.05) is 12.8 Å². The first kappa shape index (κ1) is 16.4. The number of carbonyl (C=O) groups excluding carboxylic acids is 1. The molecule has 126 valence electrons. The SMILES string of the molecule is CN/C=C(\C=C/C=O)c1c(-c2cccc(F)c2)nc(N)c2nccn12. The van der Waals surface area contributed by atoms with E-state index >= 15 is 0 Å². The topological polar surface area (TPSA) is 85.3 Å². The van der Waals surface area contributed by atoms with Crippen LogP contribution in [0.3, 0.4) is 0 Å². The minimum absolute atomic E-state index is 0.233. The van der Waals surface area contributed by atoms with E-state index < -0.39 is 0 Å². The minimum atomic E-state index is -0.378. The highest BCUT2D eigenvalue weighted by molar-refractivity contribution is 5.86. The summed E-state index contributed by atoms with van der Waals surface area (Å²) < 4.78 is 15.5. The number of halogens is 1. The molecule has 0 atom stereocenters. The van der Waals surface area contributed by atoms with Gasteiger partial charge in [0.05, 0.1) is 11.4 Å². The average Bonchev–Trinajstić information content (AvgIpc) is 3.09. The van der Waals surface area contributed by atoms with E-state index in [0.717, 1.165) is 0 Å². The van der Waals surface area contributed by atoms with Gasteiger partial charge in [0.1, 0.15) is 12.1 Å². The molecule has 1 aromatic carbocycles. The van der Waals surface area contributed by atoms with Gasteiger partial charge in [0.2, 0.25) is 0 Å². The predicted octanol–water partition coefficient (Wildman–Crippen LogP) is 2.43. The molecular formula is C18H16FN5O. The first-order chi connectivity index (χ1) is 12.2. The molecule has 0 radical (unpaired) electrons. The number of fused-ring (bicyclic) bond motifs is 1. The van der Waals surface area contributed by atoms with Crippen molar-refractivity contribution in [2.24, 2.45) is 0 Å². The molecule has 0 unspecified atom stereocenters. The van der Waals surface area contributed by atoms with E-state index in [-0.39, 0.29) is 11.6 Å². The van der Waals surface area contributed by atoms with Crippen molar-refractivity contribution in [2.45, 2.75) is 0 Å². The Kier molecular flexibility index (Phi) is 4.56. The fourth-order valence-corrected chi connectivity index (χ4v) is 2.62. The Bertz CT molecular complexity index is 990. The van der Waals surface area contributed by atoms with Gasteiger partial charge in [-0.1, -0.05) is 12.1 Å². The van der Waals surface area contributed by atoms with E-state index in [0.29, 0.717) is 34.5 Å². The van der Waals surface area contributed by atoms with Crippen LogP contribution < -0.4 is 11.1 Å². The van der Waals surface area contributed by atoms with E-state index in [1.807, 2.05) is 0 Å². The number of hydrogen-bond acceptors (Lipinski definition) is 5. The Hall–Kier alpha value is -3.48. The molecule has 3 rings (SSSR count). The van der Waals surface area contributed by atoms with Crippen LogP contribution in [-0.2, 0) is 4.79 Å². The summed E-state index contributed by atoms with van der Waals surface area (Å²) in [6.45, 7) is 0. The van der Waals surface area contributed by atoms with Crippen molar-refractivity contribution < 1.29 is 9.18 Å². The number of nitrogens with zero attached hydrogens (tertiary/aromatic N) is 3. The molecule has 0 aliphatic carbocycles. The lowest BCUT2D eigenvalue weighted by Crippen LogP contribution is -2.07. The lowest BCUT2D eigenvalue weighted by Gasteiger charge is -2.14. The maximum atomic E-state index is 13.7. The number of carbonyl (C=O) groups is 1. The number of aromatic nitrogens is 3. The minimum Gasteiger partial charge on any atom is -0.393 e. The largest absolute Gasteiger partial charge is 0.393 e. The molecule has 0 aliphatic rings. The van der Waals surface area contributed by atoms with Crippen molar-refractivity contribution in [3.63, 3.8) is 0 Å².